The van der Waals surface area contributed by atoms with E-state index in [4.69, 9.17) is 9.73 Å². The smallest absolute Gasteiger partial charge is 0.191 e. The van der Waals surface area contributed by atoms with Gasteiger partial charge in [-0.1, -0.05) is 32.0 Å². The Labute approximate surface area is 162 Å². The van der Waals surface area contributed by atoms with E-state index in [1.165, 1.54) is 22.0 Å². The van der Waals surface area contributed by atoms with E-state index in [0.717, 1.165) is 38.5 Å². The number of guanidine groups is 1. The molecule has 2 aromatic rings. The molecule has 1 aromatic carbocycles. The second-order valence-electron chi connectivity index (χ2n) is 8.51. The van der Waals surface area contributed by atoms with Gasteiger partial charge in [-0.15, -0.1) is 0 Å². The van der Waals surface area contributed by atoms with Crippen molar-refractivity contribution in [1.29, 1.82) is 0 Å². The summed E-state index contributed by atoms with van der Waals surface area (Å²) < 4.78 is 5.92. The first-order chi connectivity index (χ1) is 13.0. The number of benzene rings is 1. The molecule has 1 aliphatic heterocycles. The van der Waals surface area contributed by atoms with Crippen molar-refractivity contribution in [2.24, 2.45) is 16.3 Å². The molecule has 1 saturated carbocycles. The topological polar surface area (TPSA) is 61.4 Å². The summed E-state index contributed by atoms with van der Waals surface area (Å²) in [6.45, 7) is 11.4. The van der Waals surface area contributed by atoms with Crippen molar-refractivity contribution >= 4 is 16.9 Å². The molecule has 3 atom stereocenters. The summed E-state index contributed by atoms with van der Waals surface area (Å²) in [6.07, 6.45) is 4.61. The number of hydrogen-bond donors (Lipinski definition) is 3. The lowest BCUT2D eigenvalue weighted by Crippen LogP contribution is -2.68. The summed E-state index contributed by atoms with van der Waals surface area (Å²) in [5, 5.41) is 8.42. The van der Waals surface area contributed by atoms with Gasteiger partial charge in [0.05, 0.1) is 6.10 Å². The number of fused-ring (bicyclic) bond motifs is 2. The Bertz CT molecular complexity index is 838. The number of aliphatic imine (C=N–C) groups is 1. The molecule has 1 aromatic heterocycles. The highest BCUT2D eigenvalue weighted by atomic mass is 16.5. The first-order valence-electron chi connectivity index (χ1n) is 10.2. The van der Waals surface area contributed by atoms with Crippen molar-refractivity contribution in [1.82, 2.24) is 15.6 Å². The molecule has 146 valence electrons. The normalized spacial score (nSPS) is 26.7. The maximum absolute atomic E-state index is 5.92. The highest BCUT2D eigenvalue weighted by molar-refractivity contribution is 5.86. The molecule has 2 aliphatic rings. The van der Waals surface area contributed by atoms with Gasteiger partial charge in [-0.3, -0.25) is 4.99 Å². The van der Waals surface area contributed by atoms with Crippen molar-refractivity contribution in [2.45, 2.75) is 52.7 Å². The average molecular weight is 369 g/mol. The van der Waals surface area contributed by atoms with Crippen molar-refractivity contribution in [3.05, 3.63) is 35.5 Å². The zero-order chi connectivity index (χ0) is 19.0. The van der Waals surface area contributed by atoms with Crippen LogP contribution in [0, 0.1) is 18.3 Å². The van der Waals surface area contributed by atoms with Crippen molar-refractivity contribution in [3.8, 4) is 0 Å². The molecule has 2 fully saturated rings. The highest BCUT2D eigenvalue weighted by Crippen LogP contribution is 2.52. The van der Waals surface area contributed by atoms with Gasteiger partial charge in [-0.25, -0.2) is 0 Å². The van der Waals surface area contributed by atoms with E-state index in [1.54, 1.807) is 0 Å². The van der Waals surface area contributed by atoms with Crippen LogP contribution in [0.15, 0.2) is 29.4 Å². The number of ether oxygens (including phenoxy) is 1. The molecule has 5 nitrogen and oxygen atoms in total. The van der Waals surface area contributed by atoms with Crippen LogP contribution in [0.1, 0.15) is 38.3 Å². The first-order valence-corrected chi connectivity index (χ1v) is 10.2. The number of para-hydroxylation sites is 1. The number of hydrogen-bond acceptors (Lipinski definition) is 2. The standard InChI is InChI=1S/C22H32N4O/c1-5-23-21(26-19-17-10-12-27-20(17)22(19,3)4)24-11-9-15-13-25-18-14(2)7-6-8-16(15)18/h6-8,13,17,19-20,25H,5,9-12H2,1-4H3,(H2,23,24,26). The van der Waals surface area contributed by atoms with Crippen LogP contribution in [-0.4, -0.2) is 42.8 Å². The first kappa shape index (κ1) is 18.4. The Hall–Kier alpha value is -2.01. The molecule has 1 saturated heterocycles. The fourth-order valence-corrected chi connectivity index (χ4v) is 4.94. The molecular weight excluding hydrogens is 336 g/mol. The molecule has 2 heterocycles. The third-order valence-electron chi connectivity index (χ3n) is 6.40. The lowest BCUT2D eigenvalue weighted by Gasteiger charge is -2.54. The maximum atomic E-state index is 5.92. The molecule has 0 radical (unpaired) electrons. The van der Waals surface area contributed by atoms with Crippen LogP contribution in [0.3, 0.4) is 0 Å². The summed E-state index contributed by atoms with van der Waals surface area (Å²) in [5.74, 6) is 1.54. The number of nitrogens with zero attached hydrogens (tertiary/aromatic N) is 1. The van der Waals surface area contributed by atoms with E-state index >= 15 is 0 Å². The minimum atomic E-state index is 0.158. The fourth-order valence-electron chi connectivity index (χ4n) is 4.94. The number of nitrogens with one attached hydrogen (secondary N) is 3. The van der Waals surface area contributed by atoms with Crippen molar-refractivity contribution in [3.63, 3.8) is 0 Å². The van der Waals surface area contributed by atoms with Crippen LogP contribution < -0.4 is 10.6 Å². The zero-order valence-electron chi connectivity index (χ0n) is 16.9. The molecular formula is C22H32N4O. The number of rotatable bonds is 5. The fraction of sp³-hybridized carbons (Fsp3) is 0.591. The number of aryl methyl sites for hydroxylation is 1. The van der Waals surface area contributed by atoms with E-state index in [-0.39, 0.29) is 5.41 Å². The minimum absolute atomic E-state index is 0.158. The number of H-pyrrole nitrogens is 1. The third-order valence-corrected chi connectivity index (χ3v) is 6.40. The predicted molar refractivity (Wildman–Crippen MR) is 111 cm³/mol. The number of aromatic nitrogens is 1. The van der Waals surface area contributed by atoms with Crippen LogP contribution in [-0.2, 0) is 11.2 Å². The molecule has 27 heavy (non-hydrogen) atoms. The Morgan fingerprint density at radius 2 is 2.22 bits per heavy atom. The van der Waals surface area contributed by atoms with Crippen LogP contribution >= 0.6 is 0 Å². The summed E-state index contributed by atoms with van der Waals surface area (Å²) in [7, 11) is 0. The Balaban J connectivity index is 1.43. The molecule has 3 unspecified atom stereocenters. The van der Waals surface area contributed by atoms with Gasteiger partial charge in [-0.05, 0) is 37.8 Å². The SMILES string of the molecule is CCNC(=NCCc1c[nH]c2c(C)cccc12)NC1C2CCOC2C1(C)C. The predicted octanol–water partition coefficient (Wildman–Crippen LogP) is 3.39. The quantitative estimate of drug-likeness (QED) is 0.560. The molecule has 0 spiro atoms. The van der Waals surface area contributed by atoms with Gasteiger partial charge in [-0.2, -0.15) is 0 Å². The molecule has 0 bridgehead atoms. The number of aromatic amines is 1. The summed E-state index contributed by atoms with van der Waals surface area (Å²) >= 11 is 0. The molecule has 0 amide bonds. The molecule has 4 rings (SSSR count). The summed E-state index contributed by atoms with van der Waals surface area (Å²) in [4.78, 5) is 8.27. The van der Waals surface area contributed by atoms with Crippen molar-refractivity contribution in [2.75, 3.05) is 19.7 Å². The van der Waals surface area contributed by atoms with E-state index in [0.29, 0.717) is 18.1 Å². The largest absolute Gasteiger partial charge is 0.377 e. The van der Waals surface area contributed by atoms with Gasteiger partial charge in [0.1, 0.15) is 0 Å². The maximum Gasteiger partial charge on any atom is 0.191 e. The second kappa shape index (κ2) is 7.19. The summed E-state index contributed by atoms with van der Waals surface area (Å²) in [6, 6.07) is 6.90. The van der Waals surface area contributed by atoms with E-state index in [1.807, 2.05) is 0 Å². The van der Waals surface area contributed by atoms with Gasteiger partial charge in [0.25, 0.3) is 0 Å². The zero-order valence-corrected chi connectivity index (χ0v) is 16.9. The average Bonchev–Trinajstić information content (AvgIpc) is 3.26. The molecule has 3 N–H and O–H groups in total. The van der Waals surface area contributed by atoms with Crippen LogP contribution in [0.5, 0.6) is 0 Å². The van der Waals surface area contributed by atoms with Gasteiger partial charge >= 0.3 is 0 Å². The molecule has 1 aliphatic carbocycles. The van der Waals surface area contributed by atoms with E-state index < -0.39 is 0 Å². The Morgan fingerprint density at radius 3 is 3.04 bits per heavy atom. The minimum Gasteiger partial charge on any atom is -0.377 e. The van der Waals surface area contributed by atoms with Gasteiger partial charge in [0.2, 0.25) is 0 Å². The van der Waals surface area contributed by atoms with Crippen LogP contribution in [0.25, 0.3) is 10.9 Å². The van der Waals surface area contributed by atoms with Crippen LogP contribution in [0.2, 0.25) is 0 Å². The third kappa shape index (κ3) is 3.22. The van der Waals surface area contributed by atoms with Gasteiger partial charge < -0.3 is 20.4 Å². The van der Waals surface area contributed by atoms with Gasteiger partial charge in [0.15, 0.2) is 5.96 Å². The molecule has 5 heteroatoms. The van der Waals surface area contributed by atoms with Crippen LogP contribution in [0.4, 0.5) is 0 Å². The highest BCUT2D eigenvalue weighted by Gasteiger charge is 2.59. The Kier molecular flexibility index (Phi) is 4.89. The lowest BCUT2D eigenvalue weighted by molar-refractivity contribution is -0.106. The monoisotopic (exact) mass is 368 g/mol. The van der Waals surface area contributed by atoms with Crippen molar-refractivity contribution < 1.29 is 4.74 Å². The van der Waals surface area contributed by atoms with E-state index in [2.05, 4.69) is 67.7 Å². The van der Waals surface area contributed by atoms with Gasteiger partial charge in [0, 0.05) is 54.2 Å². The van der Waals surface area contributed by atoms with E-state index in [9.17, 15) is 0 Å². The lowest BCUT2D eigenvalue weighted by atomic mass is 9.57. The second-order valence-corrected chi connectivity index (χ2v) is 8.51. The summed E-state index contributed by atoms with van der Waals surface area (Å²) in [5.41, 5.74) is 4.02. The Morgan fingerprint density at radius 1 is 1.37 bits per heavy atom.